The lowest BCUT2D eigenvalue weighted by molar-refractivity contribution is -0.137. The van der Waals surface area contributed by atoms with Gasteiger partial charge in [0.25, 0.3) is 0 Å². The molecule has 0 spiro atoms. The molecular formula is C9H16ClN3O7. The summed E-state index contributed by atoms with van der Waals surface area (Å²) in [6.07, 6.45) is -3.75. The van der Waals surface area contributed by atoms with Crippen LogP contribution < -0.4 is 5.32 Å². The molecule has 0 unspecified atom stereocenters. The van der Waals surface area contributed by atoms with Crippen LogP contribution in [0.2, 0.25) is 0 Å². The molecule has 20 heavy (non-hydrogen) atoms. The van der Waals surface area contributed by atoms with E-state index in [0.717, 1.165) is 0 Å². The Morgan fingerprint density at radius 1 is 1.25 bits per heavy atom. The fourth-order valence-electron chi connectivity index (χ4n) is 1.19. The predicted octanol–water partition coefficient (Wildman–Crippen LogP) is -2.44. The summed E-state index contributed by atoms with van der Waals surface area (Å²) in [5.74, 6) is -1.21. The Morgan fingerprint density at radius 3 is 2.25 bits per heavy atom. The summed E-state index contributed by atoms with van der Waals surface area (Å²) >= 11 is 5.33. The molecule has 5 N–H and O–H groups in total. The van der Waals surface area contributed by atoms with Crippen LogP contribution in [-0.2, 0) is 4.79 Å². The molecule has 0 bridgehead atoms. The summed E-state index contributed by atoms with van der Waals surface area (Å²) in [6, 6.07) is -2.67. The Morgan fingerprint density at radius 2 is 1.85 bits per heavy atom. The number of hydrogen-bond donors (Lipinski definition) is 5. The third-order valence-corrected chi connectivity index (χ3v) is 2.47. The number of halogens is 1. The van der Waals surface area contributed by atoms with Gasteiger partial charge in [0.05, 0.1) is 25.0 Å². The molecule has 0 aliphatic carbocycles. The van der Waals surface area contributed by atoms with E-state index in [1.165, 1.54) is 0 Å². The lowest BCUT2D eigenvalue weighted by Crippen LogP contribution is -2.53. The van der Waals surface area contributed by atoms with Gasteiger partial charge in [-0.2, -0.15) is 5.01 Å². The molecule has 0 rings (SSSR count). The summed E-state index contributed by atoms with van der Waals surface area (Å²) in [4.78, 5) is 33.5. The maximum Gasteiger partial charge on any atom is 0.341 e. The number of alkyl halides is 1. The number of nitroso groups, excluding NO2 is 1. The second-order valence-electron chi connectivity index (χ2n) is 3.68. The number of carbonyl (C=O) groups is 2. The average Bonchev–Trinajstić information content (AvgIpc) is 2.47. The van der Waals surface area contributed by atoms with Crippen molar-refractivity contribution in [2.75, 3.05) is 25.6 Å². The molecular weight excluding hydrogens is 298 g/mol. The first-order valence-corrected chi connectivity index (χ1v) is 6.05. The SMILES string of the molecule is O=NN(CCCl)C(=O)N[C@@H](CO)C(=O)[C@H](O)[C@H](O)CO. The highest BCUT2D eigenvalue weighted by atomic mass is 35.5. The molecule has 3 atom stereocenters. The van der Waals surface area contributed by atoms with Gasteiger partial charge < -0.3 is 25.7 Å². The summed E-state index contributed by atoms with van der Waals surface area (Å²) < 4.78 is 0. The molecule has 0 fully saturated rings. The van der Waals surface area contributed by atoms with Crippen LogP contribution in [0.15, 0.2) is 5.29 Å². The molecule has 0 radical (unpaired) electrons. The van der Waals surface area contributed by atoms with Gasteiger partial charge in [-0.05, 0) is 0 Å². The van der Waals surface area contributed by atoms with E-state index in [0.29, 0.717) is 5.01 Å². The minimum absolute atomic E-state index is 0.0806. The second-order valence-corrected chi connectivity index (χ2v) is 4.05. The summed E-state index contributed by atoms with van der Waals surface area (Å²) in [5.41, 5.74) is 0. The molecule has 11 heteroatoms. The van der Waals surface area contributed by atoms with E-state index in [2.05, 4.69) is 5.29 Å². The number of Topliss-reactive ketones (excluding diaryl/α,β-unsaturated/α-hetero) is 1. The predicted molar refractivity (Wildman–Crippen MR) is 66.7 cm³/mol. The van der Waals surface area contributed by atoms with Crippen LogP contribution in [-0.4, -0.2) is 81.1 Å². The van der Waals surface area contributed by atoms with E-state index in [1.54, 1.807) is 0 Å². The van der Waals surface area contributed by atoms with Crippen molar-refractivity contribution in [3.63, 3.8) is 0 Å². The van der Waals surface area contributed by atoms with Gasteiger partial charge in [0.15, 0.2) is 5.78 Å². The lowest BCUT2D eigenvalue weighted by atomic mass is 10.0. The monoisotopic (exact) mass is 313 g/mol. The maximum absolute atomic E-state index is 11.6. The van der Waals surface area contributed by atoms with Crippen LogP contribution in [0, 0.1) is 4.91 Å². The topological polar surface area (TPSA) is 160 Å². The van der Waals surface area contributed by atoms with Crippen LogP contribution in [0.1, 0.15) is 0 Å². The maximum atomic E-state index is 11.6. The first-order chi connectivity index (χ1) is 9.42. The fourth-order valence-corrected chi connectivity index (χ4v) is 1.35. The third-order valence-electron chi connectivity index (χ3n) is 2.30. The first kappa shape index (κ1) is 18.7. The number of hydrogen-bond acceptors (Lipinski definition) is 8. The van der Waals surface area contributed by atoms with Crippen LogP contribution in [0.4, 0.5) is 4.79 Å². The number of aliphatic hydroxyl groups excluding tert-OH is 4. The molecule has 10 nitrogen and oxygen atoms in total. The molecule has 0 aromatic carbocycles. The number of ketones is 1. The van der Waals surface area contributed by atoms with Gasteiger partial charge in [-0.3, -0.25) is 4.79 Å². The lowest BCUT2D eigenvalue weighted by Gasteiger charge is -2.22. The highest BCUT2D eigenvalue weighted by molar-refractivity contribution is 6.18. The normalized spacial score (nSPS) is 15.1. The smallest absolute Gasteiger partial charge is 0.341 e. The molecule has 0 aliphatic rings. The van der Waals surface area contributed by atoms with Crippen molar-refractivity contribution in [3.8, 4) is 0 Å². The van der Waals surface area contributed by atoms with Crippen LogP contribution in [0.5, 0.6) is 0 Å². The fraction of sp³-hybridized carbons (Fsp3) is 0.778. The summed E-state index contributed by atoms with van der Waals surface area (Å²) in [5, 5.41) is 40.7. The van der Waals surface area contributed by atoms with Crippen molar-refractivity contribution in [3.05, 3.63) is 4.91 Å². The Hall–Kier alpha value is -1.33. The van der Waals surface area contributed by atoms with Crippen molar-refractivity contribution in [1.82, 2.24) is 10.3 Å². The van der Waals surface area contributed by atoms with Crippen LogP contribution >= 0.6 is 11.6 Å². The van der Waals surface area contributed by atoms with E-state index in [1.807, 2.05) is 5.32 Å². The number of nitrogens with one attached hydrogen (secondary N) is 1. The zero-order chi connectivity index (χ0) is 15.7. The average molecular weight is 314 g/mol. The van der Waals surface area contributed by atoms with Crippen molar-refractivity contribution < 1.29 is 30.0 Å². The van der Waals surface area contributed by atoms with Gasteiger partial charge in [0.1, 0.15) is 18.2 Å². The molecule has 0 saturated carbocycles. The standard InChI is InChI=1S/C9H16ClN3O7/c10-1-2-13(12-20)9(19)11-5(3-14)7(17)8(18)6(16)4-15/h5-6,8,14-16,18H,1-4H2,(H,11,19)/t5-,6+,8+/m0/s1. The molecule has 0 aliphatic heterocycles. The highest BCUT2D eigenvalue weighted by Gasteiger charge is 2.32. The van der Waals surface area contributed by atoms with Gasteiger partial charge in [0, 0.05) is 5.88 Å². The number of rotatable bonds is 9. The van der Waals surface area contributed by atoms with Gasteiger partial charge >= 0.3 is 6.03 Å². The Labute approximate surface area is 118 Å². The van der Waals surface area contributed by atoms with Crippen molar-refractivity contribution >= 4 is 23.4 Å². The summed E-state index contributed by atoms with van der Waals surface area (Å²) in [6.45, 7) is -1.98. The third kappa shape index (κ3) is 5.35. The minimum Gasteiger partial charge on any atom is -0.394 e. The number of nitrogens with zero attached hydrogens (tertiary/aromatic N) is 2. The van der Waals surface area contributed by atoms with E-state index < -0.39 is 43.3 Å². The Kier molecular flexibility index (Phi) is 8.92. The van der Waals surface area contributed by atoms with Gasteiger partial charge in [-0.15, -0.1) is 16.5 Å². The zero-order valence-corrected chi connectivity index (χ0v) is 11.1. The van der Waals surface area contributed by atoms with Gasteiger partial charge in [-0.25, -0.2) is 4.79 Å². The highest BCUT2D eigenvalue weighted by Crippen LogP contribution is 2.01. The number of aliphatic hydroxyl groups is 4. The minimum atomic E-state index is -2.00. The van der Waals surface area contributed by atoms with E-state index >= 15 is 0 Å². The molecule has 0 saturated heterocycles. The van der Waals surface area contributed by atoms with Gasteiger partial charge in [0.2, 0.25) is 0 Å². The molecule has 2 amide bonds. The van der Waals surface area contributed by atoms with Crippen molar-refractivity contribution in [2.24, 2.45) is 5.29 Å². The molecule has 0 aromatic rings. The second kappa shape index (κ2) is 9.55. The number of urea groups is 1. The Bertz CT molecular complexity index is 344. The van der Waals surface area contributed by atoms with Crippen molar-refractivity contribution in [2.45, 2.75) is 18.2 Å². The van der Waals surface area contributed by atoms with Crippen molar-refractivity contribution in [1.29, 1.82) is 0 Å². The number of amides is 2. The van der Waals surface area contributed by atoms with Crippen LogP contribution in [0.25, 0.3) is 0 Å². The quantitative estimate of drug-likeness (QED) is 0.179. The molecule has 116 valence electrons. The molecule has 0 aromatic heterocycles. The van der Waals surface area contributed by atoms with E-state index in [4.69, 9.17) is 26.9 Å². The molecule has 0 heterocycles. The zero-order valence-electron chi connectivity index (χ0n) is 10.3. The first-order valence-electron chi connectivity index (χ1n) is 5.51. The van der Waals surface area contributed by atoms with E-state index in [-0.39, 0.29) is 12.4 Å². The summed E-state index contributed by atoms with van der Waals surface area (Å²) in [7, 11) is 0. The number of carbonyl (C=O) groups excluding carboxylic acids is 2. The van der Waals surface area contributed by atoms with E-state index in [9.17, 15) is 19.6 Å². The largest absolute Gasteiger partial charge is 0.394 e. The van der Waals surface area contributed by atoms with Crippen LogP contribution in [0.3, 0.4) is 0 Å². The van der Waals surface area contributed by atoms with Gasteiger partial charge in [-0.1, -0.05) is 0 Å². The Balaban J connectivity index is 4.72.